The lowest BCUT2D eigenvalue weighted by Crippen LogP contribution is -2.33. The molecule has 0 atom stereocenters. The Bertz CT molecular complexity index is 368. The summed E-state index contributed by atoms with van der Waals surface area (Å²) in [4.78, 5) is 11.1. The average molecular weight is 251 g/mol. The SMILES string of the molecule is COc1cc(OC)nc(CN2CCC(C)CC2)n1. The second-order valence-electron chi connectivity index (χ2n) is 4.83. The molecule has 1 saturated heterocycles. The van der Waals surface area contributed by atoms with Crippen molar-refractivity contribution in [3.8, 4) is 11.8 Å². The third kappa shape index (κ3) is 3.32. The summed E-state index contributed by atoms with van der Waals surface area (Å²) in [5, 5.41) is 0. The van der Waals surface area contributed by atoms with E-state index in [4.69, 9.17) is 9.47 Å². The molecular formula is C13H21N3O2. The quantitative estimate of drug-likeness (QED) is 0.815. The summed E-state index contributed by atoms with van der Waals surface area (Å²) in [6.07, 6.45) is 2.50. The molecule has 100 valence electrons. The molecule has 2 heterocycles. The zero-order valence-corrected chi connectivity index (χ0v) is 11.3. The molecule has 2 rings (SSSR count). The van der Waals surface area contributed by atoms with E-state index < -0.39 is 0 Å². The molecule has 0 aliphatic carbocycles. The van der Waals surface area contributed by atoms with E-state index >= 15 is 0 Å². The number of hydrogen-bond acceptors (Lipinski definition) is 5. The summed E-state index contributed by atoms with van der Waals surface area (Å²) in [6, 6.07) is 1.70. The van der Waals surface area contributed by atoms with Crippen LogP contribution in [0.5, 0.6) is 11.8 Å². The van der Waals surface area contributed by atoms with Crippen LogP contribution in [0.4, 0.5) is 0 Å². The smallest absolute Gasteiger partial charge is 0.220 e. The lowest BCUT2D eigenvalue weighted by atomic mass is 9.99. The molecule has 0 radical (unpaired) electrons. The fraction of sp³-hybridized carbons (Fsp3) is 0.692. The van der Waals surface area contributed by atoms with E-state index in [2.05, 4.69) is 21.8 Å². The van der Waals surface area contributed by atoms with Gasteiger partial charge < -0.3 is 9.47 Å². The van der Waals surface area contributed by atoms with Crippen LogP contribution in [-0.4, -0.2) is 42.2 Å². The molecule has 18 heavy (non-hydrogen) atoms. The standard InChI is InChI=1S/C13H21N3O2/c1-10-4-6-16(7-5-10)9-11-14-12(17-2)8-13(15-11)18-3/h8,10H,4-7,9H2,1-3H3. The maximum atomic E-state index is 5.15. The van der Waals surface area contributed by atoms with Crippen molar-refractivity contribution < 1.29 is 9.47 Å². The fourth-order valence-electron chi connectivity index (χ4n) is 2.15. The first kappa shape index (κ1) is 13.1. The molecule has 1 aliphatic rings. The number of ether oxygens (including phenoxy) is 2. The Hall–Kier alpha value is -1.36. The van der Waals surface area contributed by atoms with Gasteiger partial charge in [-0.25, -0.2) is 0 Å². The van der Waals surface area contributed by atoms with Gasteiger partial charge in [0.1, 0.15) is 5.82 Å². The largest absolute Gasteiger partial charge is 0.481 e. The Morgan fingerprint density at radius 3 is 2.22 bits per heavy atom. The van der Waals surface area contributed by atoms with Crippen molar-refractivity contribution >= 4 is 0 Å². The van der Waals surface area contributed by atoms with Gasteiger partial charge in [-0.15, -0.1) is 0 Å². The van der Waals surface area contributed by atoms with E-state index in [9.17, 15) is 0 Å². The molecule has 0 saturated carbocycles. The van der Waals surface area contributed by atoms with Crippen LogP contribution in [0.3, 0.4) is 0 Å². The first-order valence-corrected chi connectivity index (χ1v) is 6.39. The van der Waals surface area contributed by atoms with Crippen molar-refractivity contribution in [3.63, 3.8) is 0 Å². The molecule has 0 amide bonds. The van der Waals surface area contributed by atoms with Crippen LogP contribution in [0, 0.1) is 5.92 Å². The second-order valence-corrected chi connectivity index (χ2v) is 4.83. The summed E-state index contributed by atoms with van der Waals surface area (Å²) in [7, 11) is 3.21. The molecule has 1 aromatic heterocycles. The van der Waals surface area contributed by atoms with Crippen molar-refractivity contribution in [2.24, 2.45) is 5.92 Å². The normalized spacial score (nSPS) is 17.7. The topological polar surface area (TPSA) is 47.5 Å². The predicted molar refractivity (Wildman–Crippen MR) is 68.8 cm³/mol. The number of likely N-dealkylation sites (tertiary alicyclic amines) is 1. The third-order valence-electron chi connectivity index (χ3n) is 3.39. The monoisotopic (exact) mass is 251 g/mol. The maximum absolute atomic E-state index is 5.15. The summed E-state index contributed by atoms with van der Waals surface area (Å²) in [5.74, 6) is 2.72. The molecule has 0 spiro atoms. The number of piperidine rings is 1. The van der Waals surface area contributed by atoms with Crippen LogP contribution in [0.1, 0.15) is 25.6 Å². The van der Waals surface area contributed by atoms with Crippen LogP contribution >= 0.6 is 0 Å². The zero-order valence-electron chi connectivity index (χ0n) is 11.3. The molecule has 1 aliphatic heterocycles. The van der Waals surface area contributed by atoms with Crippen molar-refractivity contribution in [2.45, 2.75) is 26.3 Å². The number of methoxy groups -OCH3 is 2. The van der Waals surface area contributed by atoms with E-state index in [1.807, 2.05) is 0 Å². The molecule has 1 fully saturated rings. The Balaban J connectivity index is 2.03. The number of aromatic nitrogens is 2. The van der Waals surface area contributed by atoms with Crippen molar-refractivity contribution in [1.82, 2.24) is 14.9 Å². The molecule has 0 unspecified atom stereocenters. The zero-order chi connectivity index (χ0) is 13.0. The van der Waals surface area contributed by atoms with Gasteiger partial charge in [-0.3, -0.25) is 4.90 Å². The van der Waals surface area contributed by atoms with E-state index in [0.717, 1.165) is 31.4 Å². The van der Waals surface area contributed by atoms with Gasteiger partial charge in [0.25, 0.3) is 0 Å². The lowest BCUT2D eigenvalue weighted by Gasteiger charge is -2.29. The minimum absolute atomic E-state index is 0.558. The van der Waals surface area contributed by atoms with Gasteiger partial charge in [0.15, 0.2) is 0 Å². The molecular weight excluding hydrogens is 230 g/mol. The van der Waals surface area contributed by atoms with Gasteiger partial charge in [0, 0.05) is 0 Å². The average Bonchev–Trinajstić information content (AvgIpc) is 2.41. The highest BCUT2D eigenvalue weighted by molar-refractivity contribution is 5.20. The Morgan fingerprint density at radius 1 is 1.17 bits per heavy atom. The maximum Gasteiger partial charge on any atom is 0.220 e. The number of hydrogen-bond donors (Lipinski definition) is 0. The van der Waals surface area contributed by atoms with E-state index in [0.29, 0.717) is 11.8 Å². The molecule has 5 heteroatoms. The highest BCUT2D eigenvalue weighted by atomic mass is 16.5. The molecule has 0 aromatic carbocycles. The highest BCUT2D eigenvalue weighted by Gasteiger charge is 2.17. The van der Waals surface area contributed by atoms with Gasteiger partial charge >= 0.3 is 0 Å². The molecule has 0 N–H and O–H groups in total. The predicted octanol–water partition coefficient (Wildman–Crippen LogP) is 1.73. The summed E-state index contributed by atoms with van der Waals surface area (Å²) >= 11 is 0. The van der Waals surface area contributed by atoms with Crippen LogP contribution in [0.25, 0.3) is 0 Å². The summed E-state index contributed by atoms with van der Waals surface area (Å²) < 4.78 is 10.3. The highest BCUT2D eigenvalue weighted by Crippen LogP contribution is 2.19. The summed E-state index contributed by atoms with van der Waals surface area (Å²) in [6.45, 7) is 5.30. The second kappa shape index (κ2) is 6.00. The van der Waals surface area contributed by atoms with Crippen LogP contribution in [0.2, 0.25) is 0 Å². The minimum atomic E-state index is 0.558. The van der Waals surface area contributed by atoms with Crippen LogP contribution < -0.4 is 9.47 Å². The number of nitrogens with zero attached hydrogens (tertiary/aromatic N) is 3. The lowest BCUT2D eigenvalue weighted by molar-refractivity contribution is 0.180. The van der Waals surface area contributed by atoms with Gasteiger partial charge in [-0.2, -0.15) is 9.97 Å². The number of rotatable bonds is 4. The van der Waals surface area contributed by atoms with E-state index in [1.54, 1.807) is 20.3 Å². The Kier molecular flexibility index (Phi) is 4.36. The third-order valence-corrected chi connectivity index (χ3v) is 3.39. The van der Waals surface area contributed by atoms with Gasteiger partial charge in [-0.05, 0) is 31.8 Å². The summed E-state index contributed by atoms with van der Waals surface area (Å²) in [5.41, 5.74) is 0. The molecule has 1 aromatic rings. The Morgan fingerprint density at radius 2 is 1.72 bits per heavy atom. The van der Waals surface area contributed by atoms with Crippen LogP contribution in [0.15, 0.2) is 6.07 Å². The van der Waals surface area contributed by atoms with Crippen molar-refractivity contribution in [1.29, 1.82) is 0 Å². The van der Waals surface area contributed by atoms with E-state index in [-0.39, 0.29) is 0 Å². The Labute approximate surface area is 108 Å². The van der Waals surface area contributed by atoms with Gasteiger partial charge in [0.05, 0.1) is 26.8 Å². The molecule has 5 nitrogen and oxygen atoms in total. The molecule has 0 bridgehead atoms. The fourth-order valence-corrected chi connectivity index (χ4v) is 2.15. The van der Waals surface area contributed by atoms with Crippen molar-refractivity contribution in [2.75, 3.05) is 27.3 Å². The minimum Gasteiger partial charge on any atom is -0.481 e. The van der Waals surface area contributed by atoms with Crippen molar-refractivity contribution in [3.05, 3.63) is 11.9 Å². The van der Waals surface area contributed by atoms with E-state index in [1.165, 1.54) is 12.8 Å². The first-order valence-electron chi connectivity index (χ1n) is 6.39. The van der Waals surface area contributed by atoms with Crippen LogP contribution in [-0.2, 0) is 6.54 Å². The van der Waals surface area contributed by atoms with Gasteiger partial charge in [-0.1, -0.05) is 6.92 Å². The van der Waals surface area contributed by atoms with Gasteiger partial charge in [0.2, 0.25) is 11.8 Å². The first-order chi connectivity index (χ1) is 8.71.